The summed E-state index contributed by atoms with van der Waals surface area (Å²) in [4.78, 5) is 31.7. The lowest BCUT2D eigenvalue weighted by Crippen LogP contribution is -2.30. The summed E-state index contributed by atoms with van der Waals surface area (Å²) in [6, 6.07) is 19.9. The van der Waals surface area contributed by atoms with E-state index >= 15 is 0 Å². The number of imidazole rings is 1. The number of aromatic amines is 2. The summed E-state index contributed by atoms with van der Waals surface area (Å²) in [7, 11) is 0. The average molecular weight is 561 g/mol. The third-order valence-corrected chi connectivity index (χ3v) is 7.12. The molecule has 1 fully saturated rings. The molecule has 0 spiro atoms. The highest BCUT2D eigenvalue weighted by Gasteiger charge is 2.35. The third-order valence-electron chi connectivity index (χ3n) is 6.59. The van der Waals surface area contributed by atoms with Gasteiger partial charge in [-0.3, -0.25) is 4.79 Å². The molecule has 9 heteroatoms. The van der Waals surface area contributed by atoms with Crippen molar-refractivity contribution in [3.05, 3.63) is 111 Å². The van der Waals surface area contributed by atoms with Crippen molar-refractivity contribution in [2.24, 2.45) is 0 Å². The first-order valence-electron chi connectivity index (χ1n) is 11.8. The van der Waals surface area contributed by atoms with Crippen molar-refractivity contribution >= 4 is 32.9 Å². The fourth-order valence-electron chi connectivity index (χ4n) is 4.74. The predicted molar refractivity (Wildman–Crippen MR) is 142 cm³/mol. The van der Waals surface area contributed by atoms with Crippen LogP contribution in [0.15, 0.2) is 88.4 Å². The van der Waals surface area contributed by atoms with Gasteiger partial charge in [0.15, 0.2) is 6.23 Å². The molecule has 0 aliphatic carbocycles. The van der Waals surface area contributed by atoms with Gasteiger partial charge in [0.05, 0.1) is 11.0 Å². The second-order valence-electron chi connectivity index (χ2n) is 8.98. The second-order valence-corrected chi connectivity index (χ2v) is 9.89. The van der Waals surface area contributed by atoms with Crippen LogP contribution < -0.4 is 5.69 Å². The van der Waals surface area contributed by atoms with Crippen molar-refractivity contribution < 1.29 is 13.9 Å². The Hall–Kier alpha value is -3.95. The topological polar surface area (TPSA) is 83.1 Å². The number of nitrogens with one attached hydrogen (secondary N) is 2. The largest absolute Gasteiger partial charge is 0.344 e. The minimum absolute atomic E-state index is 0.0127. The summed E-state index contributed by atoms with van der Waals surface area (Å²) < 4.78 is 22.6. The molecule has 186 valence electrons. The minimum Gasteiger partial charge on any atom is -0.344 e. The molecule has 3 aromatic carbocycles. The number of benzene rings is 3. The number of amides is 1. The zero-order valence-electron chi connectivity index (χ0n) is 19.6. The first-order chi connectivity index (χ1) is 17.9. The predicted octanol–water partition coefficient (Wildman–Crippen LogP) is 5.32. The Balaban J connectivity index is 1.34. The van der Waals surface area contributed by atoms with Gasteiger partial charge in [-0.25, -0.2) is 9.18 Å². The number of nitrogens with zero attached hydrogens (tertiary/aromatic N) is 2. The van der Waals surface area contributed by atoms with Crippen LogP contribution in [0.2, 0.25) is 0 Å². The number of hydrogen-bond donors (Lipinski definition) is 2. The van der Waals surface area contributed by atoms with Crippen LogP contribution >= 0.6 is 15.9 Å². The van der Waals surface area contributed by atoms with Gasteiger partial charge in [-0.1, -0.05) is 34.1 Å². The average Bonchev–Trinajstić information content (AvgIpc) is 3.59. The van der Waals surface area contributed by atoms with Crippen LogP contribution in [0.4, 0.5) is 4.39 Å². The van der Waals surface area contributed by atoms with Gasteiger partial charge in [0.1, 0.15) is 12.4 Å². The Morgan fingerprint density at radius 2 is 1.70 bits per heavy atom. The molecule has 2 aromatic heterocycles. The van der Waals surface area contributed by atoms with E-state index in [2.05, 4.69) is 25.9 Å². The molecule has 7 nitrogen and oxygen atoms in total. The van der Waals surface area contributed by atoms with Crippen molar-refractivity contribution in [2.45, 2.75) is 12.6 Å². The van der Waals surface area contributed by atoms with Gasteiger partial charge in [-0.2, -0.15) is 0 Å². The number of H-pyrrole nitrogens is 2. The summed E-state index contributed by atoms with van der Waals surface area (Å²) in [5.74, 6) is -0.408. The fraction of sp³-hybridized carbons (Fsp3) is 0.143. The number of carbonyl (C=O) groups excluding carboxylic acids is 1. The number of aromatic nitrogens is 3. The van der Waals surface area contributed by atoms with E-state index in [1.807, 2.05) is 59.4 Å². The fourth-order valence-corrected chi connectivity index (χ4v) is 5.00. The summed E-state index contributed by atoms with van der Waals surface area (Å²) in [6.07, 6.45) is 3.95. The van der Waals surface area contributed by atoms with Crippen LogP contribution in [0.5, 0.6) is 0 Å². The summed E-state index contributed by atoms with van der Waals surface area (Å²) in [6.45, 7) is 0.428. The molecular weight excluding hydrogens is 539 g/mol. The maximum absolute atomic E-state index is 13.7. The molecule has 37 heavy (non-hydrogen) atoms. The smallest absolute Gasteiger partial charge is 0.323 e. The van der Waals surface area contributed by atoms with E-state index in [1.165, 1.54) is 12.1 Å². The molecule has 0 bridgehead atoms. The van der Waals surface area contributed by atoms with Crippen LogP contribution in [-0.4, -0.2) is 38.5 Å². The van der Waals surface area contributed by atoms with Gasteiger partial charge >= 0.3 is 5.69 Å². The van der Waals surface area contributed by atoms with Crippen molar-refractivity contribution in [3.63, 3.8) is 0 Å². The molecule has 3 heterocycles. The van der Waals surface area contributed by atoms with Crippen LogP contribution in [0.25, 0.3) is 27.8 Å². The maximum Gasteiger partial charge on any atom is 0.323 e. The molecule has 1 amide bonds. The van der Waals surface area contributed by atoms with Crippen LogP contribution in [0.3, 0.4) is 0 Å². The Morgan fingerprint density at radius 3 is 2.49 bits per heavy atom. The minimum atomic E-state index is -0.583. The van der Waals surface area contributed by atoms with Crippen molar-refractivity contribution in [3.8, 4) is 16.8 Å². The highest BCUT2D eigenvalue weighted by Crippen LogP contribution is 2.37. The Labute approximate surface area is 219 Å². The van der Waals surface area contributed by atoms with Gasteiger partial charge in [0.25, 0.3) is 5.91 Å². The van der Waals surface area contributed by atoms with Gasteiger partial charge in [0, 0.05) is 40.2 Å². The molecule has 1 atom stereocenters. The Morgan fingerprint density at radius 1 is 0.946 bits per heavy atom. The Kier molecular flexibility index (Phi) is 6.02. The van der Waals surface area contributed by atoms with E-state index < -0.39 is 6.23 Å². The van der Waals surface area contributed by atoms with E-state index in [4.69, 9.17) is 4.74 Å². The SMILES string of the molecule is O=C1COC(c2cn(-c3ccc(Br)cc3)cc2-c2ccc(F)cc2)N1CCc1ccc2[nH]c(=O)[nH]c2c1. The van der Waals surface area contributed by atoms with Crippen LogP contribution in [0.1, 0.15) is 17.4 Å². The number of carbonyl (C=O) groups is 1. The van der Waals surface area contributed by atoms with E-state index in [0.29, 0.717) is 13.0 Å². The van der Waals surface area contributed by atoms with Gasteiger partial charge in [-0.05, 0) is 66.1 Å². The molecule has 5 aromatic rings. The van der Waals surface area contributed by atoms with Crippen molar-refractivity contribution in [1.29, 1.82) is 0 Å². The number of ether oxygens (including phenoxy) is 1. The van der Waals surface area contributed by atoms with E-state index in [-0.39, 0.29) is 24.0 Å². The number of halogens is 2. The monoisotopic (exact) mass is 560 g/mol. The maximum atomic E-state index is 13.7. The van der Waals surface area contributed by atoms with E-state index in [0.717, 1.165) is 43.4 Å². The molecule has 2 N–H and O–H groups in total. The molecule has 1 aliphatic heterocycles. The number of hydrogen-bond acceptors (Lipinski definition) is 3. The second kappa shape index (κ2) is 9.49. The van der Waals surface area contributed by atoms with E-state index in [1.54, 1.807) is 17.0 Å². The number of fused-ring (bicyclic) bond motifs is 1. The summed E-state index contributed by atoms with van der Waals surface area (Å²) in [5, 5.41) is 0. The molecule has 0 radical (unpaired) electrons. The lowest BCUT2D eigenvalue weighted by atomic mass is 10.0. The molecule has 1 unspecified atom stereocenters. The first kappa shape index (κ1) is 23.4. The quantitative estimate of drug-likeness (QED) is 0.295. The molecule has 1 saturated heterocycles. The van der Waals surface area contributed by atoms with Crippen molar-refractivity contribution in [2.75, 3.05) is 13.2 Å². The lowest BCUT2D eigenvalue weighted by molar-refractivity contribution is -0.128. The summed E-state index contributed by atoms with van der Waals surface area (Å²) in [5.41, 5.74) is 5.68. The van der Waals surface area contributed by atoms with Gasteiger partial charge < -0.3 is 24.2 Å². The molecule has 0 saturated carbocycles. The Bertz CT molecular complexity index is 1650. The van der Waals surface area contributed by atoms with Crippen LogP contribution in [0, 0.1) is 5.82 Å². The number of rotatable bonds is 6. The van der Waals surface area contributed by atoms with Crippen molar-refractivity contribution in [1.82, 2.24) is 19.4 Å². The standard InChI is InChI=1S/C28H22BrFN4O3/c29-19-4-8-21(9-5-19)33-14-22(18-2-6-20(30)7-3-18)23(15-33)27-34(26(35)16-37-27)12-11-17-1-10-24-25(13-17)32-28(36)31-24/h1-10,13-15,27H,11-12,16H2,(H2,31,32,36). The molecule has 1 aliphatic rings. The lowest BCUT2D eigenvalue weighted by Gasteiger charge is -2.24. The molecule has 6 rings (SSSR count). The zero-order valence-corrected chi connectivity index (χ0v) is 21.2. The first-order valence-corrected chi connectivity index (χ1v) is 12.6. The van der Waals surface area contributed by atoms with Gasteiger partial charge in [0.2, 0.25) is 0 Å². The zero-order chi connectivity index (χ0) is 25.5. The highest BCUT2D eigenvalue weighted by atomic mass is 79.9. The van der Waals surface area contributed by atoms with Gasteiger partial charge in [-0.15, -0.1) is 0 Å². The highest BCUT2D eigenvalue weighted by molar-refractivity contribution is 9.10. The third kappa shape index (κ3) is 4.63. The molecular formula is C28H22BrFN4O3. The normalized spacial score (nSPS) is 15.7. The van der Waals surface area contributed by atoms with E-state index in [9.17, 15) is 14.0 Å². The summed E-state index contributed by atoms with van der Waals surface area (Å²) >= 11 is 3.47. The van der Waals surface area contributed by atoms with Crippen LogP contribution in [-0.2, 0) is 16.0 Å².